The summed E-state index contributed by atoms with van der Waals surface area (Å²) in [7, 11) is 1.35. The Bertz CT molecular complexity index is 2090. The van der Waals surface area contributed by atoms with Crippen molar-refractivity contribution < 1.29 is 19.1 Å². The highest BCUT2D eigenvalue weighted by Crippen LogP contribution is 2.35. The highest BCUT2D eigenvalue weighted by molar-refractivity contribution is 7.64. The number of hydrogen-bond acceptors (Lipinski definition) is 11. The number of amides is 4. The normalized spacial score (nSPS) is 16.4. The Labute approximate surface area is 353 Å². The van der Waals surface area contributed by atoms with Gasteiger partial charge in [0.05, 0.1) is 24.9 Å². The van der Waals surface area contributed by atoms with Gasteiger partial charge in [-0.15, -0.1) is 0 Å². The maximum atomic E-state index is 13.5. The number of aromatic nitrogens is 2. The van der Waals surface area contributed by atoms with Gasteiger partial charge < -0.3 is 30.1 Å². The lowest BCUT2D eigenvalue weighted by Crippen LogP contribution is -2.59. The van der Waals surface area contributed by atoms with Crippen LogP contribution in [0.25, 0.3) is 0 Å². The van der Waals surface area contributed by atoms with Crippen LogP contribution >= 0.6 is 19.5 Å². The first kappa shape index (κ1) is 42.0. The number of benzene rings is 3. The molecule has 4 amide bonds. The summed E-state index contributed by atoms with van der Waals surface area (Å²) in [6.45, 7) is 13.5. The lowest BCUT2D eigenvalue weighted by Gasteiger charge is -2.46. The number of imide groups is 1. The summed E-state index contributed by atoms with van der Waals surface area (Å²) in [5, 5.41) is 10.6. The van der Waals surface area contributed by atoms with Gasteiger partial charge in [0.2, 0.25) is 18.3 Å². The molecule has 16 heteroatoms. The van der Waals surface area contributed by atoms with E-state index in [0.717, 1.165) is 87.0 Å². The van der Waals surface area contributed by atoms with Gasteiger partial charge >= 0.3 is 6.03 Å². The van der Waals surface area contributed by atoms with Crippen molar-refractivity contribution in [2.45, 2.75) is 32.2 Å². The van der Waals surface area contributed by atoms with E-state index in [0.29, 0.717) is 54.6 Å². The Morgan fingerprint density at radius 2 is 1.63 bits per heavy atom. The largest absolute Gasteiger partial charge is 0.494 e. The zero-order chi connectivity index (χ0) is 41.5. The molecule has 3 fully saturated rings. The monoisotopic (exact) mass is 840 g/mol. The van der Waals surface area contributed by atoms with Crippen LogP contribution in [0.3, 0.4) is 0 Å². The van der Waals surface area contributed by atoms with Crippen LogP contribution in [0.15, 0.2) is 72.9 Å². The molecule has 3 aromatic carbocycles. The fraction of sp³-hybridized carbons (Fsp3) is 0.419. The van der Waals surface area contributed by atoms with E-state index < -0.39 is 6.03 Å². The molecule has 4 heterocycles. The van der Waals surface area contributed by atoms with Crippen molar-refractivity contribution in [1.82, 2.24) is 25.1 Å². The molecule has 0 radical (unpaired) electrons. The summed E-state index contributed by atoms with van der Waals surface area (Å²) in [6.07, 6.45) is 4.88. The van der Waals surface area contributed by atoms with Crippen molar-refractivity contribution in [3.63, 3.8) is 0 Å². The molecule has 3 N–H and O–H groups in total. The molecule has 0 unspecified atom stereocenters. The summed E-state index contributed by atoms with van der Waals surface area (Å²) in [5.74, 6) is 1.88. The van der Waals surface area contributed by atoms with E-state index in [1.807, 2.05) is 60.4 Å². The number of carbonyl (C=O) groups is 3. The van der Waals surface area contributed by atoms with Crippen molar-refractivity contribution >= 4 is 83.4 Å². The number of anilines is 7. The predicted octanol–water partition coefficient (Wildman–Crippen LogP) is 6.32. The van der Waals surface area contributed by atoms with Crippen molar-refractivity contribution in [1.29, 1.82) is 0 Å². The molecular weight excluding hydrogens is 787 g/mol. The molecule has 7 rings (SSSR count). The van der Waals surface area contributed by atoms with Crippen LogP contribution in [-0.4, -0.2) is 124 Å². The number of para-hydroxylation sites is 1. The summed E-state index contributed by atoms with van der Waals surface area (Å²) < 4.78 is 5.83. The minimum absolute atomic E-state index is 0.00971. The van der Waals surface area contributed by atoms with Gasteiger partial charge in [-0.3, -0.25) is 24.7 Å². The summed E-state index contributed by atoms with van der Waals surface area (Å²) >= 11 is 6.52. The lowest BCUT2D eigenvalue weighted by molar-refractivity contribution is -0.138. The molecule has 0 bridgehead atoms. The van der Waals surface area contributed by atoms with E-state index in [-0.39, 0.29) is 19.7 Å². The van der Waals surface area contributed by atoms with Crippen LogP contribution in [0.4, 0.5) is 45.0 Å². The molecule has 0 saturated carbocycles. The molecular formula is C43H54ClN10O4P. The molecule has 3 aliphatic rings. The first-order valence-corrected chi connectivity index (χ1v) is 22.9. The van der Waals surface area contributed by atoms with E-state index in [2.05, 4.69) is 67.2 Å². The summed E-state index contributed by atoms with van der Waals surface area (Å²) in [4.78, 5) is 56.5. The topological polar surface area (TPSA) is 139 Å². The zero-order valence-electron chi connectivity index (χ0n) is 34.2. The Kier molecular flexibility index (Phi) is 13.7. The van der Waals surface area contributed by atoms with Crippen molar-refractivity contribution in [3.8, 4) is 5.75 Å². The van der Waals surface area contributed by atoms with Gasteiger partial charge in [-0.2, -0.15) is 4.98 Å². The molecule has 0 aliphatic carbocycles. The Balaban J connectivity index is 0.867. The number of rotatable bonds is 14. The van der Waals surface area contributed by atoms with Crippen LogP contribution in [0.2, 0.25) is 5.02 Å². The average Bonchev–Trinajstić information content (AvgIpc) is 3.24. The van der Waals surface area contributed by atoms with Crippen LogP contribution in [0.5, 0.6) is 5.75 Å². The lowest BCUT2D eigenvalue weighted by atomic mass is 9.96. The molecule has 14 nitrogen and oxygen atoms in total. The number of carbonyl (C=O) groups excluding carboxylic acids is 3. The first-order valence-electron chi connectivity index (χ1n) is 20.3. The third-order valence-corrected chi connectivity index (χ3v) is 13.0. The second kappa shape index (κ2) is 19.3. The number of nitrogens with zero attached hydrogens (tertiary/aromatic N) is 7. The van der Waals surface area contributed by atoms with Gasteiger partial charge in [0.25, 0.3) is 0 Å². The van der Waals surface area contributed by atoms with Gasteiger partial charge in [0.15, 0.2) is 5.82 Å². The molecule has 0 spiro atoms. The molecule has 3 saturated heterocycles. The van der Waals surface area contributed by atoms with Crippen LogP contribution < -0.4 is 40.7 Å². The van der Waals surface area contributed by atoms with Gasteiger partial charge in [-0.25, -0.2) is 9.78 Å². The zero-order valence-corrected chi connectivity index (χ0v) is 35.9. The predicted molar refractivity (Wildman–Crippen MR) is 239 cm³/mol. The molecule has 0 atom stereocenters. The van der Waals surface area contributed by atoms with E-state index in [1.165, 1.54) is 5.30 Å². The maximum Gasteiger partial charge on any atom is 0.328 e. The summed E-state index contributed by atoms with van der Waals surface area (Å²) in [5.41, 5.74) is 4.61. The minimum atomic E-state index is -0.439. The highest BCUT2D eigenvalue weighted by atomic mass is 35.5. The van der Waals surface area contributed by atoms with E-state index >= 15 is 0 Å². The van der Waals surface area contributed by atoms with Crippen LogP contribution in [-0.2, 0) is 9.59 Å². The average molecular weight is 841 g/mol. The van der Waals surface area contributed by atoms with Crippen molar-refractivity contribution in [2.24, 2.45) is 5.92 Å². The van der Waals surface area contributed by atoms with E-state index in [4.69, 9.17) is 21.3 Å². The number of methoxy groups -OCH3 is 1. The minimum Gasteiger partial charge on any atom is -0.494 e. The second-order valence-electron chi connectivity index (χ2n) is 15.4. The maximum absolute atomic E-state index is 13.5. The molecule has 3 aliphatic heterocycles. The fourth-order valence-electron chi connectivity index (χ4n) is 8.16. The summed E-state index contributed by atoms with van der Waals surface area (Å²) in [6, 6.07) is 22.2. The Morgan fingerprint density at radius 3 is 2.31 bits per heavy atom. The van der Waals surface area contributed by atoms with Gasteiger partial charge in [0.1, 0.15) is 10.8 Å². The third-order valence-electron chi connectivity index (χ3n) is 11.4. The fourth-order valence-corrected chi connectivity index (χ4v) is 9.29. The van der Waals surface area contributed by atoms with Crippen LogP contribution in [0.1, 0.15) is 26.2 Å². The van der Waals surface area contributed by atoms with E-state index in [1.54, 1.807) is 18.2 Å². The number of urea groups is 1. The number of ether oxygens (including phenoxy) is 1. The smallest absolute Gasteiger partial charge is 0.328 e. The van der Waals surface area contributed by atoms with Gasteiger partial charge in [-0.05, 0) is 80.4 Å². The quantitative estimate of drug-likeness (QED) is 0.0972. The SMILES string of the molecule is CCCN(C(=O)NC=O)c1ccc(N2CC(C(=O)N3CCN(C4CCN(c5ccc(Nc6ncc(Cl)c(Nc7ccccc7P(C)C)n6)c(OC)c5)CC4)CC3)C2)cc1. The molecule has 59 heavy (non-hydrogen) atoms. The van der Waals surface area contributed by atoms with Crippen molar-refractivity contribution in [2.75, 3.05) is 105 Å². The van der Waals surface area contributed by atoms with Gasteiger partial charge in [0, 0.05) is 93.8 Å². The van der Waals surface area contributed by atoms with E-state index in [9.17, 15) is 14.4 Å². The number of nitrogens with one attached hydrogen (secondary N) is 3. The Morgan fingerprint density at radius 1 is 0.915 bits per heavy atom. The number of halogens is 1. The molecule has 4 aromatic rings. The number of hydrogen-bond donors (Lipinski definition) is 3. The standard InChI is InChI=1S/C43H54ClN10O4P/c1-5-18-54(43(57)46-29-55)33-12-10-31(11-13-33)53-27-30(28-53)41(56)52-23-21-51(22-24-52)32-16-19-50(20-17-32)34-14-15-36(38(25-34)58-2)48-42-45-26-35(44)40(49-42)47-37-8-6-7-9-39(37)59(3)4/h6-15,25-26,29-30,32H,5,16-24,27-28H2,1-4H3,(H,46,55,57)(H2,45,47,48,49). The highest BCUT2D eigenvalue weighted by Gasteiger charge is 2.37. The third kappa shape index (κ3) is 9.83. The van der Waals surface area contributed by atoms with Crippen molar-refractivity contribution in [3.05, 3.63) is 77.9 Å². The van der Waals surface area contributed by atoms with Gasteiger partial charge in [-0.1, -0.05) is 44.6 Å². The molecule has 1 aromatic heterocycles. The number of piperazine rings is 1. The Hall–Kier alpha value is -5.17. The molecule has 312 valence electrons. The first-order chi connectivity index (χ1) is 28.6. The van der Waals surface area contributed by atoms with Crippen LogP contribution in [0, 0.1) is 5.92 Å². The number of piperidine rings is 1. The second-order valence-corrected chi connectivity index (χ2v) is 18.0.